The number of hydrogen-bond donors (Lipinski definition) is 1. The van der Waals surface area contributed by atoms with E-state index in [1.165, 1.54) is 13.2 Å². The maximum atomic E-state index is 10.3. The lowest BCUT2D eigenvalue weighted by Gasteiger charge is -2.07. The fourth-order valence-electron chi connectivity index (χ4n) is 1.02. The molecule has 0 heterocycles. The molecule has 0 aromatic heterocycles. The number of methoxy groups -OCH3 is 1. The summed E-state index contributed by atoms with van der Waals surface area (Å²) in [6.07, 6.45) is 2.57. The Bertz CT molecular complexity index is 401. The Morgan fingerprint density at radius 2 is 2.31 bits per heavy atom. The highest BCUT2D eigenvalue weighted by atomic mass is 79.9. The molecule has 0 saturated heterocycles. The zero-order valence-electron chi connectivity index (χ0n) is 8.64. The molecule has 0 radical (unpaired) electrons. The van der Waals surface area contributed by atoms with Crippen molar-refractivity contribution in [3.8, 4) is 5.75 Å². The molecule has 16 heavy (non-hydrogen) atoms. The molecular formula is C11H11BrO4. The maximum absolute atomic E-state index is 10.3. The van der Waals surface area contributed by atoms with E-state index in [1.807, 2.05) is 0 Å². The Hall–Kier alpha value is -1.33. The van der Waals surface area contributed by atoms with Gasteiger partial charge in [0.1, 0.15) is 5.75 Å². The van der Waals surface area contributed by atoms with E-state index in [0.717, 1.165) is 16.1 Å². The first-order chi connectivity index (χ1) is 7.63. The van der Waals surface area contributed by atoms with Gasteiger partial charge >= 0.3 is 5.97 Å². The first kappa shape index (κ1) is 12.7. The van der Waals surface area contributed by atoms with Crippen molar-refractivity contribution in [2.45, 2.75) is 0 Å². The second kappa shape index (κ2) is 6.30. The Morgan fingerprint density at radius 1 is 1.56 bits per heavy atom. The molecule has 0 fully saturated rings. The van der Waals surface area contributed by atoms with Crippen LogP contribution in [0.4, 0.5) is 0 Å². The minimum absolute atomic E-state index is 0.144. The van der Waals surface area contributed by atoms with Crippen LogP contribution in [0.1, 0.15) is 5.56 Å². The summed E-state index contributed by atoms with van der Waals surface area (Å²) in [7, 11) is 1.53. The lowest BCUT2D eigenvalue weighted by molar-refractivity contribution is -0.131. The molecule has 1 aromatic rings. The first-order valence-electron chi connectivity index (χ1n) is 4.46. The van der Waals surface area contributed by atoms with Crippen molar-refractivity contribution in [3.63, 3.8) is 0 Å². The third-order valence-corrected chi connectivity index (χ3v) is 2.36. The average molecular weight is 287 g/mol. The fourth-order valence-corrected chi connectivity index (χ4v) is 1.39. The van der Waals surface area contributed by atoms with Gasteiger partial charge in [-0.2, -0.15) is 0 Å². The Balaban J connectivity index is 2.84. The number of hydrogen-bond acceptors (Lipinski definition) is 3. The smallest absolute Gasteiger partial charge is 0.328 e. The minimum Gasteiger partial charge on any atom is -0.478 e. The van der Waals surface area contributed by atoms with Crippen LogP contribution in [0.15, 0.2) is 28.7 Å². The van der Waals surface area contributed by atoms with Gasteiger partial charge in [0.05, 0.1) is 4.47 Å². The van der Waals surface area contributed by atoms with E-state index in [4.69, 9.17) is 14.6 Å². The van der Waals surface area contributed by atoms with Crippen molar-refractivity contribution in [2.75, 3.05) is 13.9 Å². The van der Waals surface area contributed by atoms with Crippen LogP contribution in [0.2, 0.25) is 0 Å². The van der Waals surface area contributed by atoms with Crippen LogP contribution in [-0.4, -0.2) is 25.0 Å². The van der Waals surface area contributed by atoms with Crippen molar-refractivity contribution in [1.29, 1.82) is 0 Å². The number of carbonyl (C=O) groups is 1. The van der Waals surface area contributed by atoms with Gasteiger partial charge in [-0.3, -0.25) is 0 Å². The van der Waals surface area contributed by atoms with Gasteiger partial charge in [-0.05, 0) is 39.7 Å². The summed E-state index contributed by atoms with van der Waals surface area (Å²) in [5, 5.41) is 8.49. The molecule has 5 heteroatoms. The monoisotopic (exact) mass is 286 g/mol. The first-order valence-corrected chi connectivity index (χ1v) is 5.25. The van der Waals surface area contributed by atoms with E-state index in [9.17, 15) is 4.79 Å². The van der Waals surface area contributed by atoms with Crippen molar-refractivity contribution in [3.05, 3.63) is 34.3 Å². The van der Waals surface area contributed by atoms with Crippen LogP contribution in [0, 0.1) is 0 Å². The molecule has 0 unspecified atom stereocenters. The average Bonchev–Trinajstić information content (AvgIpc) is 2.26. The normalized spacial score (nSPS) is 10.6. The third kappa shape index (κ3) is 4.04. The molecule has 0 aliphatic rings. The quantitative estimate of drug-likeness (QED) is 0.668. The van der Waals surface area contributed by atoms with Crippen molar-refractivity contribution in [1.82, 2.24) is 0 Å². The van der Waals surface area contributed by atoms with Crippen LogP contribution >= 0.6 is 15.9 Å². The second-order valence-corrected chi connectivity index (χ2v) is 3.77. The molecule has 1 rings (SSSR count). The maximum Gasteiger partial charge on any atom is 0.328 e. The summed E-state index contributed by atoms with van der Waals surface area (Å²) in [5.74, 6) is -0.378. The molecule has 0 amide bonds. The molecule has 1 aromatic carbocycles. The Labute approximate surface area is 102 Å². The summed E-state index contributed by atoms with van der Waals surface area (Å²) in [6.45, 7) is 0.144. The van der Waals surface area contributed by atoms with Gasteiger partial charge in [0, 0.05) is 13.2 Å². The summed E-state index contributed by atoms with van der Waals surface area (Å²) in [4.78, 5) is 10.3. The van der Waals surface area contributed by atoms with Crippen LogP contribution in [-0.2, 0) is 9.53 Å². The molecule has 4 nitrogen and oxygen atoms in total. The summed E-state index contributed by atoms with van der Waals surface area (Å²) < 4.78 is 10.9. The van der Waals surface area contributed by atoms with E-state index in [-0.39, 0.29) is 6.79 Å². The molecule has 0 aliphatic carbocycles. The topological polar surface area (TPSA) is 55.8 Å². The largest absolute Gasteiger partial charge is 0.478 e. The highest BCUT2D eigenvalue weighted by Gasteiger charge is 2.01. The van der Waals surface area contributed by atoms with Gasteiger partial charge in [-0.25, -0.2) is 4.79 Å². The standard InChI is InChI=1S/C11H11BrO4/c1-15-7-16-10-6-8(2-4-9(10)12)3-5-11(13)14/h2-6H,7H2,1H3,(H,13,14)/b5-3+. The number of aliphatic carboxylic acids is 1. The van der Waals surface area contributed by atoms with Gasteiger partial charge in [-0.15, -0.1) is 0 Å². The van der Waals surface area contributed by atoms with Crippen molar-refractivity contribution in [2.24, 2.45) is 0 Å². The Kier molecular flexibility index (Phi) is 5.01. The minimum atomic E-state index is -0.984. The molecule has 0 spiro atoms. The van der Waals surface area contributed by atoms with Crippen LogP contribution in [0.25, 0.3) is 6.08 Å². The number of ether oxygens (including phenoxy) is 2. The van der Waals surface area contributed by atoms with Gasteiger partial charge < -0.3 is 14.6 Å². The van der Waals surface area contributed by atoms with Crippen LogP contribution < -0.4 is 4.74 Å². The van der Waals surface area contributed by atoms with Gasteiger partial charge in [0.25, 0.3) is 0 Å². The molecule has 1 N–H and O–H groups in total. The SMILES string of the molecule is COCOc1cc(/C=C/C(=O)O)ccc1Br. The predicted molar refractivity (Wildman–Crippen MR) is 63.3 cm³/mol. The molecule has 0 atom stereocenters. The lowest BCUT2D eigenvalue weighted by Crippen LogP contribution is -1.99. The molecule has 0 bridgehead atoms. The van der Waals surface area contributed by atoms with E-state index in [0.29, 0.717) is 5.75 Å². The number of rotatable bonds is 5. The molecule has 86 valence electrons. The fraction of sp³-hybridized carbons (Fsp3) is 0.182. The third-order valence-electron chi connectivity index (χ3n) is 1.71. The molecule has 0 saturated carbocycles. The van der Waals surface area contributed by atoms with E-state index < -0.39 is 5.97 Å². The zero-order valence-corrected chi connectivity index (χ0v) is 10.2. The summed E-state index contributed by atoms with van der Waals surface area (Å²) in [6, 6.07) is 5.29. The van der Waals surface area contributed by atoms with E-state index in [1.54, 1.807) is 18.2 Å². The summed E-state index contributed by atoms with van der Waals surface area (Å²) >= 11 is 3.32. The highest BCUT2D eigenvalue weighted by molar-refractivity contribution is 9.10. The Morgan fingerprint density at radius 3 is 2.94 bits per heavy atom. The predicted octanol–water partition coefficient (Wildman–Crippen LogP) is 2.53. The van der Waals surface area contributed by atoms with Crippen LogP contribution in [0.5, 0.6) is 5.75 Å². The van der Waals surface area contributed by atoms with Crippen molar-refractivity contribution < 1.29 is 19.4 Å². The zero-order chi connectivity index (χ0) is 12.0. The highest BCUT2D eigenvalue weighted by Crippen LogP contribution is 2.26. The number of halogens is 1. The van der Waals surface area contributed by atoms with Crippen LogP contribution in [0.3, 0.4) is 0 Å². The van der Waals surface area contributed by atoms with Gasteiger partial charge in [0.15, 0.2) is 6.79 Å². The number of benzene rings is 1. The lowest BCUT2D eigenvalue weighted by atomic mass is 10.2. The molecule has 0 aliphatic heterocycles. The second-order valence-electron chi connectivity index (χ2n) is 2.91. The number of carboxylic acid groups (broad SMARTS) is 1. The number of carboxylic acids is 1. The molecular weight excluding hydrogens is 276 g/mol. The summed E-state index contributed by atoms with van der Waals surface area (Å²) in [5.41, 5.74) is 0.747. The van der Waals surface area contributed by atoms with Gasteiger partial charge in [-0.1, -0.05) is 6.07 Å². The van der Waals surface area contributed by atoms with E-state index >= 15 is 0 Å². The van der Waals surface area contributed by atoms with E-state index in [2.05, 4.69) is 15.9 Å². The van der Waals surface area contributed by atoms with Gasteiger partial charge in [0.2, 0.25) is 0 Å². The van der Waals surface area contributed by atoms with Crippen molar-refractivity contribution >= 4 is 28.0 Å².